The molecule has 0 heterocycles. The highest BCUT2D eigenvalue weighted by Crippen LogP contribution is 2.59. The molecular formula is C8H11ClO3. The number of hydrogen-bond donors (Lipinski definition) is 0. The second kappa shape index (κ2) is 2.73. The van der Waals surface area contributed by atoms with Crippen molar-refractivity contribution in [3.63, 3.8) is 0 Å². The molecule has 0 unspecified atom stereocenters. The van der Waals surface area contributed by atoms with Crippen LogP contribution in [0.25, 0.3) is 0 Å². The number of hydrogen-bond acceptors (Lipinski definition) is 3. The second-order valence-electron chi connectivity index (χ2n) is 3.60. The van der Waals surface area contributed by atoms with Gasteiger partial charge in [0.15, 0.2) is 0 Å². The van der Waals surface area contributed by atoms with Gasteiger partial charge in [0, 0.05) is 0 Å². The molecule has 1 rings (SSSR count). The Kier molecular flexibility index (Phi) is 2.17. The van der Waals surface area contributed by atoms with E-state index in [-0.39, 0.29) is 23.2 Å². The van der Waals surface area contributed by atoms with Crippen molar-refractivity contribution in [1.82, 2.24) is 0 Å². The third kappa shape index (κ3) is 1.22. The molecule has 1 saturated carbocycles. The van der Waals surface area contributed by atoms with Crippen LogP contribution in [-0.4, -0.2) is 18.3 Å². The van der Waals surface area contributed by atoms with Crippen molar-refractivity contribution in [2.75, 3.05) is 7.11 Å². The first-order chi connectivity index (χ1) is 5.42. The van der Waals surface area contributed by atoms with E-state index < -0.39 is 5.24 Å². The molecule has 0 aliphatic heterocycles. The summed E-state index contributed by atoms with van der Waals surface area (Å²) < 4.78 is 4.54. The van der Waals surface area contributed by atoms with Gasteiger partial charge in [-0.05, 0) is 17.0 Å². The molecule has 0 bridgehead atoms. The molecule has 0 radical (unpaired) electrons. The van der Waals surface area contributed by atoms with Gasteiger partial charge in [-0.15, -0.1) is 0 Å². The molecule has 3 nitrogen and oxygen atoms in total. The number of halogens is 1. The van der Waals surface area contributed by atoms with Crippen LogP contribution in [0.5, 0.6) is 0 Å². The highest BCUT2D eigenvalue weighted by Gasteiger charge is 2.65. The topological polar surface area (TPSA) is 43.4 Å². The normalized spacial score (nSPS) is 31.0. The number of carbonyl (C=O) groups excluding carboxylic acids is 2. The zero-order valence-corrected chi connectivity index (χ0v) is 8.01. The SMILES string of the molecule is COC(=O)[C@H]1[C@@H](C(=O)Cl)C1(C)C. The third-order valence-corrected chi connectivity index (χ3v) is 2.76. The number of methoxy groups -OCH3 is 1. The molecule has 0 saturated heterocycles. The Labute approximate surface area is 76.0 Å². The predicted molar refractivity (Wildman–Crippen MR) is 43.6 cm³/mol. The highest BCUT2D eigenvalue weighted by molar-refractivity contribution is 6.64. The molecule has 4 heteroatoms. The Balaban J connectivity index is 2.73. The molecule has 68 valence electrons. The monoisotopic (exact) mass is 190 g/mol. The maximum atomic E-state index is 11.1. The van der Waals surface area contributed by atoms with E-state index in [9.17, 15) is 9.59 Å². The Morgan fingerprint density at radius 3 is 2.08 bits per heavy atom. The molecule has 0 amide bonds. The summed E-state index contributed by atoms with van der Waals surface area (Å²) in [6.07, 6.45) is 0. The van der Waals surface area contributed by atoms with E-state index in [1.807, 2.05) is 13.8 Å². The van der Waals surface area contributed by atoms with Crippen LogP contribution in [0.4, 0.5) is 0 Å². The standard InChI is InChI=1S/C8H11ClO3/c1-8(2)4(6(9)10)5(8)7(11)12-3/h4-5H,1-3H3/t4-,5+/m0/s1. The average molecular weight is 191 g/mol. The van der Waals surface area contributed by atoms with Gasteiger partial charge in [-0.3, -0.25) is 9.59 Å². The summed E-state index contributed by atoms with van der Waals surface area (Å²) in [4.78, 5) is 21.9. The van der Waals surface area contributed by atoms with Crippen LogP contribution in [0.3, 0.4) is 0 Å². The van der Waals surface area contributed by atoms with Gasteiger partial charge in [0.2, 0.25) is 5.24 Å². The van der Waals surface area contributed by atoms with Crippen LogP contribution in [0, 0.1) is 17.3 Å². The van der Waals surface area contributed by atoms with E-state index in [0.717, 1.165) is 0 Å². The Bertz CT molecular complexity index is 234. The van der Waals surface area contributed by atoms with Crippen molar-refractivity contribution >= 4 is 22.8 Å². The minimum absolute atomic E-state index is 0.327. The molecular weight excluding hydrogens is 180 g/mol. The maximum absolute atomic E-state index is 11.1. The Morgan fingerprint density at radius 2 is 1.83 bits per heavy atom. The van der Waals surface area contributed by atoms with Crippen LogP contribution >= 0.6 is 11.6 Å². The lowest BCUT2D eigenvalue weighted by Gasteiger charge is -1.98. The van der Waals surface area contributed by atoms with Crippen molar-refractivity contribution in [2.45, 2.75) is 13.8 Å². The van der Waals surface area contributed by atoms with Crippen LogP contribution in [0.1, 0.15) is 13.8 Å². The number of esters is 1. The van der Waals surface area contributed by atoms with Gasteiger partial charge in [0.1, 0.15) is 0 Å². The number of ether oxygens (including phenoxy) is 1. The summed E-state index contributed by atoms with van der Waals surface area (Å²) >= 11 is 5.31. The molecule has 1 aliphatic rings. The molecule has 0 aromatic carbocycles. The van der Waals surface area contributed by atoms with Gasteiger partial charge in [-0.25, -0.2) is 0 Å². The van der Waals surface area contributed by atoms with Crippen LogP contribution in [0.2, 0.25) is 0 Å². The fraction of sp³-hybridized carbons (Fsp3) is 0.750. The van der Waals surface area contributed by atoms with Crippen LogP contribution < -0.4 is 0 Å². The Hall–Kier alpha value is -0.570. The van der Waals surface area contributed by atoms with E-state index in [2.05, 4.69) is 4.74 Å². The van der Waals surface area contributed by atoms with Gasteiger partial charge in [-0.2, -0.15) is 0 Å². The van der Waals surface area contributed by atoms with E-state index in [4.69, 9.17) is 11.6 Å². The molecule has 1 aliphatic carbocycles. The summed E-state index contributed by atoms with van der Waals surface area (Å²) in [5.74, 6) is -1.07. The first kappa shape index (κ1) is 9.52. The summed E-state index contributed by atoms with van der Waals surface area (Å²) in [6.45, 7) is 3.67. The van der Waals surface area contributed by atoms with Crippen LogP contribution in [0.15, 0.2) is 0 Å². The fourth-order valence-corrected chi connectivity index (χ4v) is 2.04. The van der Waals surface area contributed by atoms with Crippen molar-refractivity contribution in [1.29, 1.82) is 0 Å². The lowest BCUT2D eigenvalue weighted by molar-refractivity contribution is -0.143. The number of rotatable bonds is 2. The largest absolute Gasteiger partial charge is 0.469 e. The predicted octanol–water partition coefficient (Wildman–Crippen LogP) is 1.20. The first-order valence-electron chi connectivity index (χ1n) is 3.70. The van der Waals surface area contributed by atoms with Gasteiger partial charge in [0.05, 0.1) is 18.9 Å². The van der Waals surface area contributed by atoms with Gasteiger partial charge in [0.25, 0.3) is 0 Å². The van der Waals surface area contributed by atoms with Gasteiger partial charge in [-0.1, -0.05) is 13.8 Å². The minimum Gasteiger partial charge on any atom is -0.469 e. The van der Waals surface area contributed by atoms with Crippen molar-refractivity contribution in [3.05, 3.63) is 0 Å². The molecule has 0 N–H and O–H groups in total. The maximum Gasteiger partial charge on any atom is 0.310 e. The van der Waals surface area contributed by atoms with Gasteiger partial charge < -0.3 is 4.74 Å². The lowest BCUT2D eigenvalue weighted by atomic mass is 10.1. The van der Waals surface area contributed by atoms with E-state index in [1.54, 1.807) is 0 Å². The lowest BCUT2D eigenvalue weighted by Crippen LogP contribution is -2.07. The molecule has 0 aromatic rings. The third-order valence-electron chi connectivity index (χ3n) is 2.53. The zero-order chi connectivity index (χ0) is 9.52. The summed E-state index contributed by atoms with van der Waals surface area (Å²) in [5, 5.41) is -0.449. The molecule has 12 heavy (non-hydrogen) atoms. The quantitative estimate of drug-likeness (QED) is 0.486. The zero-order valence-electron chi connectivity index (χ0n) is 7.26. The van der Waals surface area contributed by atoms with Crippen molar-refractivity contribution < 1.29 is 14.3 Å². The fourth-order valence-electron chi connectivity index (χ4n) is 1.63. The minimum atomic E-state index is -0.449. The molecule has 2 atom stereocenters. The molecule has 0 aromatic heterocycles. The number of carbonyl (C=O) groups is 2. The first-order valence-corrected chi connectivity index (χ1v) is 4.08. The summed E-state index contributed by atoms with van der Waals surface area (Å²) in [6, 6.07) is 0. The highest BCUT2D eigenvalue weighted by atomic mass is 35.5. The van der Waals surface area contributed by atoms with E-state index >= 15 is 0 Å². The van der Waals surface area contributed by atoms with E-state index in [1.165, 1.54) is 7.11 Å². The second-order valence-corrected chi connectivity index (χ2v) is 3.98. The van der Waals surface area contributed by atoms with Crippen LogP contribution in [-0.2, 0) is 14.3 Å². The average Bonchev–Trinajstić information content (AvgIpc) is 2.52. The summed E-state index contributed by atoms with van der Waals surface area (Å²) in [5.41, 5.74) is -0.327. The van der Waals surface area contributed by atoms with Crippen molar-refractivity contribution in [2.24, 2.45) is 17.3 Å². The molecule has 0 spiro atoms. The van der Waals surface area contributed by atoms with Gasteiger partial charge >= 0.3 is 5.97 Å². The van der Waals surface area contributed by atoms with Crippen molar-refractivity contribution in [3.8, 4) is 0 Å². The van der Waals surface area contributed by atoms with E-state index in [0.29, 0.717) is 0 Å². The smallest absolute Gasteiger partial charge is 0.310 e. The Morgan fingerprint density at radius 1 is 1.33 bits per heavy atom. The molecule has 1 fully saturated rings. The summed E-state index contributed by atoms with van der Waals surface area (Å²) in [7, 11) is 1.31.